The van der Waals surface area contributed by atoms with E-state index in [0.29, 0.717) is 29.0 Å². The Morgan fingerprint density at radius 2 is 1.97 bits per heavy atom. The molecule has 7 heteroatoms. The largest absolute Gasteiger partial charge is 0.350 e. The number of fused-ring (bicyclic) bond motifs is 2. The molecule has 31 heavy (non-hydrogen) atoms. The van der Waals surface area contributed by atoms with E-state index in [2.05, 4.69) is 27.5 Å². The fourth-order valence-electron chi connectivity index (χ4n) is 3.81. The Morgan fingerprint density at radius 3 is 2.81 bits per heavy atom. The van der Waals surface area contributed by atoms with Gasteiger partial charge in [-0.05, 0) is 30.7 Å². The van der Waals surface area contributed by atoms with Crippen LogP contribution < -0.4 is 16.2 Å². The summed E-state index contributed by atoms with van der Waals surface area (Å²) >= 11 is 0. The molecule has 0 spiro atoms. The molecule has 0 unspecified atom stereocenters. The summed E-state index contributed by atoms with van der Waals surface area (Å²) in [5, 5.41) is 6.66. The van der Waals surface area contributed by atoms with E-state index >= 15 is 0 Å². The molecule has 160 valence electrons. The number of hydrogen-bond acceptors (Lipinski definition) is 3. The first-order valence-corrected chi connectivity index (χ1v) is 10.7. The molecule has 0 aliphatic heterocycles. The van der Waals surface area contributed by atoms with Crippen molar-refractivity contribution in [2.45, 2.75) is 32.6 Å². The van der Waals surface area contributed by atoms with E-state index in [1.165, 1.54) is 6.42 Å². The van der Waals surface area contributed by atoms with Crippen LogP contribution >= 0.6 is 0 Å². The Labute approximate surface area is 180 Å². The molecule has 0 saturated carbocycles. The Balaban J connectivity index is 1.56. The van der Waals surface area contributed by atoms with Crippen molar-refractivity contribution in [1.29, 1.82) is 0 Å². The highest BCUT2D eigenvalue weighted by Crippen LogP contribution is 2.28. The fraction of sp³-hybridized carbons (Fsp3) is 0.292. The predicted molar refractivity (Wildman–Crippen MR) is 125 cm³/mol. The van der Waals surface area contributed by atoms with Gasteiger partial charge in [0.1, 0.15) is 5.69 Å². The molecule has 3 N–H and O–H groups in total. The molecule has 4 aromatic rings. The number of carbonyl (C=O) groups excluding carboxylic acids is 1. The minimum Gasteiger partial charge on any atom is -0.350 e. The number of para-hydroxylation sites is 1. The van der Waals surface area contributed by atoms with Gasteiger partial charge in [-0.25, -0.2) is 9.78 Å². The third-order valence-electron chi connectivity index (χ3n) is 5.42. The van der Waals surface area contributed by atoms with Crippen LogP contribution in [0, 0.1) is 0 Å². The van der Waals surface area contributed by atoms with E-state index in [1.807, 2.05) is 42.1 Å². The highest BCUT2D eigenvalue weighted by Gasteiger charge is 2.14. The van der Waals surface area contributed by atoms with Crippen molar-refractivity contribution in [3.05, 3.63) is 59.0 Å². The monoisotopic (exact) mass is 417 g/mol. The Bertz CT molecular complexity index is 1290. The van der Waals surface area contributed by atoms with Crippen LogP contribution in [0.3, 0.4) is 0 Å². The first-order valence-electron chi connectivity index (χ1n) is 10.7. The van der Waals surface area contributed by atoms with Gasteiger partial charge in [-0.15, -0.1) is 0 Å². The Hall–Kier alpha value is -3.61. The molecule has 4 rings (SSSR count). The number of anilines is 1. The summed E-state index contributed by atoms with van der Waals surface area (Å²) in [5.41, 5.74) is 3.80. The number of rotatable bonds is 7. The second kappa shape index (κ2) is 9.04. The highest BCUT2D eigenvalue weighted by molar-refractivity contribution is 5.96. The van der Waals surface area contributed by atoms with Gasteiger partial charge in [0.05, 0.1) is 11.0 Å². The average molecular weight is 418 g/mol. The van der Waals surface area contributed by atoms with Crippen LogP contribution in [0.5, 0.6) is 0 Å². The molecule has 7 nitrogen and oxygen atoms in total. The molecule has 0 aliphatic carbocycles. The predicted octanol–water partition coefficient (Wildman–Crippen LogP) is 4.78. The maximum absolute atomic E-state index is 12.8. The SMILES string of the molecule is CCCCCCNC(=O)Nc1ccc2nc(-c3cn(C)c4ccccc34)c(=O)[nH]c2c1. The van der Waals surface area contributed by atoms with Gasteiger partial charge in [0, 0.05) is 41.9 Å². The highest BCUT2D eigenvalue weighted by atomic mass is 16.2. The summed E-state index contributed by atoms with van der Waals surface area (Å²) in [6, 6.07) is 13.0. The minimum atomic E-state index is -0.263. The van der Waals surface area contributed by atoms with Gasteiger partial charge in [-0.2, -0.15) is 0 Å². The van der Waals surface area contributed by atoms with E-state index in [-0.39, 0.29) is 11.6 Å². The zero-order chi connectivity index (χ0) is 21.8. The molecule has 2 heterocycles. The van der Waals surface area contributed by atoms with Crippen molar-refractivity contribution in [2.24, 2.45) is 7.05 Å². The lowest BCUT2D eigenvalue weighted by molar-refractivity contribution is 0.252. The lowest BCUT2D eigenvalue weighted by Gasteiger charge is -2.09. The number of hydrogen-bond donors (Lipinski definition) is 3. The Kier molecular flexibility index (Phi) is 6.02. The maximum atomic E-state index is 12.8. The number of aryl methyl sites for hydroxylation is 1. The molecule has 0 bridgehead atoms. The number of aromatic nitrogens is 3. The van der Waals surface area contributed by atoms with Crippen molar-refractivity contribution in [2.75, 3.05) is 11.9 Å². The summed E-state index contributed by atoms with van der Waals surface area (Å²) in [7, 11) is 1.95. The fourth-order valence-corrected chi connectivity index (χ4v) is 3.81. The van der Waals surface area contributed by atoms with Crippen molar-refractivity contribution in [3.8, 4) is 11.3 Å². The number of nitrogens with one attached hydrogen (secondary N) is 3. The van der Waals surface area contributed by atoms with Crippen LogP contribution in [-0.2, 0) is 7.05 Å². The summed E-state index contributed by atoms with van der Waals surface area (Å²) in [5.74, 6) is 0. The number of amides is 2. The van der Waals surface area contributed by atoms with Crippen molar-refractivity contribution in [3.63, 3.8) is 0 Å². The first kappa shape index (κ1) is 20.7. The van der Waals surface area contributed by atoms with E-state index in [1.54, 1.807) is 18.2 Å². The van der Waals surface area contributed by atoms with Crippen molar-refractivity contribution >= 4 is 33.7 Å². The second-order valence-corrected chi connectivity index (χ2v) is 7.76. The molecule has 2 aromatic heterocycles. The topological polar surface area (TPSA) is 91.8 Å². The summed E-state index contributed by atoms with van der Waals surface area (Å²) < 4.78 is 1.99. The van der Waals surface area contributed by atoms with Gasteiger partial charge in [0.15, 0.2) is 0 Å². The number of urea groups is 1. The van der Waals surface area contributed by atoms with Gasteiger partial charge in [-0.3, -0.25) is 4.79 Å². The standard InChI is InChI=1S/C24H27N5O2/c1-3-4-5-8-13-25-24(31)26-16-11-12-19-20(14-16)28-23(30)22(27-19)18-15-29(2)21-10-7-6-9-17(18)21/h6-7,9-12,14-15H,3-5,8,13H2,1-2H3,(H,28,30)(H2,25,26,31). The molecule has 0 saturated heterocycles. The van der Waals surface area contributed by atoms with E-state index < -0.39 is 0 Å². The Morgan fingerprint density at radius 1 is 1.13 bits per heavy atom. The van der Waals surface area contributed by atoms with E-state index in [0.717, 1.165) is 35.7 Å². The lowest BCUT2D eigenvalue weighted by atomic mass is 10.1. The lowest BCUT2D eigenvalue weighted by Crippen LogP contribution is -2.29. The average Bonchev–Trinajstić information content (AvgIpc) is 3.09. The van der Waals surface area contributed by atoms with E-state index in [4.69, 9.17) is 0 Å². The number of aromatic amines is 1. The molecular formula is C24H27N5O2. The van der Waals surface area contributed by atoms with Crippen molar-refractivity contribution < 1.29 is 4.79 Å². The minimum absolute atomic E-state index is 0.251. The third-order valence-corrected chi connectivity index (χ3v) is 5.42. The number of carbonyl (C=O) groups is 1. The number of benzene rings is 2. The van der Waals surface area contributed by atoms with Gasteiger partial charge < -0.3 is 20.2 Å². The molecule has 0 fully saturated rings. The number of H-pyrrole nitrogens is 1. The van der Waals surface area contributed by atoms with Gasteiger partial charge in [0.2, 0.25) is 0 Å². The molecular weight excluding hydrogens is 390 g/mol. The molecule has 2 aromatic carbocycles. The van der Waals surface area contributed by atoms with Crippen LogP contribution in [0.2, 0.25) is 0 Å². The zero-order valence-electron chi connectivity index (χ0n) is 17.9. The van der Waals surface area contributed by atoms with Crippen LogP contribution in [-0.4, -0.2) is 27.1 Å². The van der Waals surface area contributed by atoms with Gasteiger partial charge in [0.25, 0.3) is 5.56 Å². The molecule has 0 aliphatic rings. The summed E-state index contributed by atoms with van der Waals surface area (Å²) in [4.78, 5) is 32.5. The van der Waals surface area contributed by atoms with Crippen LogP contribution in [0.1, 0.15) is 32.6 Å². The number of unbranched alkanes of at least 4 members (excludes halogenated alkanes) is 3. The summed E-state index contributed by atoms with van der Waals surface area (Å²) in [6.45, 7) is 2.80. The number of nitrogens with zero attached hydrogens (tertiary/aromatic N) is 2. The van der Waals surface area contributed by atoms with E-state index in [9.17, 15) is 9.59 Å². The quantitative estimate of drug-likeness (QED) is 0.378. The molecule has 0 radical (unpaired) electrons. The summed E-state index contributed by atoms with van der Waals surface area (Å²) in [6.07, 6.45) is 6.34. The van der Waals surface area contributed by atoms with Crippen LogP contribution in [0.15, 0.2) is 53.5 Å². The van der Waals surface area contributed by atoms with Gasteiger partial charge in [-0.1, -0.05) is 44.4 Å². The normalized spacial score (nSPS) is 11.2. The van der Waals surface area contributed by atoms with Crippen LogP contribution in [0.4, 0.5) is 10.5 Å². The molecule has 0 atom stereocenters. The van der Waals surface area contributed by atoms with Gasteiger partial charge >= 0.3 is 6.03 Å². The van der Waals surface area contributed by atoms with Crippen molar-refractivity contribution in [1.82, 2.24) is 19.9 Å². The van der Waals surface area contributed by atoms with Crippen LogP contribution in [0.25, 0.3) is 33.2 Å². The second-order valence-electron chi connectivity index (χ2n) is 7.76. The first-order chi connectivity index (χ1) is 15.1. The zero-order valence-corrected chi connectivity index (χ0v) is 17.9. The third kappa shape index (κ3) is 4.45. The smallest absolute Gasteiger partial charge is 0.319 e. The maximum Gasteiger partial charge on any atom is 0.319 e. The molecule has 2 amide bonds.